The highest BCUT2D eigenvalue weighted by Gasteiger charge is 2.16. The fraction of sp³-hybridized carbons (Fsp3) is 0.533. The minimum atomic E-state index is -0.451. The number of nitro groups is 1. The fourth-order valence-electron chi connectivity index (χ4n) is 2.11. The van der Waals surface area contributed by atoms with Crippen LogP contribution in [-0.2, 0) is 11.2 Å². The highest BCUT2D eigenvalue weighted by Crippen LogP contribution is 2.18. The van der Waals surface area contributed by atoms with Gasteiger partial charge in [0, 0.05) is 17.7 Å². The Kier molecular flexibility index (Phi) is 6.70. The predicted molar refractivity (Wildman–Crippen MR) is 78.5 cm³/mol. The van der Waals surface area contributed by atoms with E-state index in [9.17, 15) is 14.9 Å². The van der Waals surface area contributed by atoms with E-state index in [1.165, 1.54) is 6.07 Å². The first-order valence-corrected chi connectivity index (χ1v) is 7.06. The Labute approximate surface area is 119 Å². The number of carbonyl (C=O) groups excluding carboxylic acids is 1. The Morgan fingerprint density at radius 1 is 1.35 bits per heavy atom. The van der Waals surface area contributed by atoms with Crippen LogP contribution < -0.4 is 5.32 Å². The first-order chi connectivity index (χ1) is 9.54. The van der Waals surface area contributed by atoms with Gasteiger partial charge in [0.1, 0.15) is 0 Å². The van der Waals surface area contributed by atoms with Crippen molar-refractivity contribution in [1.29, 1.82) is 0 Å². The number of para-hydroxylation sites is 1. The summed E-state index contributed by atoms with van der Waals surface area (Å²) in [4.78, 5) is 22.3. The van der Waals surface area contributed by atoms with E-state index in [1.54, 1.807) is 18.2 Å². The molecule has 1 amide bonds. The van der Waals surface area contributed by atoms with E-state index in [0.717, 1.165) is 25.7 Å². The molecular weight excluding hydrogens is 256 g/mol. The Balaban J connectivity index is 2.52. The highest BCUT2D eigenvalue weighted by molar-refractivity contribution is 5.80. The third-order valence-corrected chi connectivity index (χ3v) is 3.19. The summed E-state index contributed by atoms with van der Waals surface area (Å²) in [5, 5.41) is 13.8. The van der Waals surface area contributed by atoms with E-state index in [2.05, 4.69) is 12.2 Å². The topological polar surface area (TPSA) is 72.2 Å². The maximum absolute atomic E-state index is 11.9. The van der Waals surface area contributed by atoms with E-state index in [4.69, 9.17) is 0 Å². The lowest BCUT2D eigenvalue weighted by molar-refractivity contribution is -0.385. The zero-order chi connectivity index (χ0) is 15.0. The van der Waals surface area contributed by atoms with E-state index >= 15 is 0 Å². The summed E-state index contributed by atoms with van der Waals surface area (Å²) in [5.41, 5.74) is 0.456. The molecule has 0 saturated carbocycles. The molecule has 0 fully saturated rings. The van der Waals surface area contributed by atoms with Gasteiger partial charge < -0.3 is 5.32 Å². The summed E-state index contributed by atoms with van der Waals surface area (Å²) in [6, 6.07) is 6.47. The minimum Gasteiger partial charge on any atom is -0.353 e. The number of nitrogens with one attached hydrogen (secondary N) is 1. The quantitative estimate of drug-likeness (QED) is 0.451. The number of nitrogens with zero attached hydrogens (tertiary/aromatic N) is 1. The lowest BCUT2D eigenvalue weighted by Gasteiger charge is -2.13. The van der Waals surface area contributed by atoms with Crippen LogP contribution in [0.4, 0.5) is 5.69 Å². The third-order valence-electron chi connectivity index (χ3n) is 3.19. The van der Waals surface area contributed by atoms with Gasteiger partial charge in [-0.25, -0.2) is 0 Å². The number of nitro benzene ring substituents is 1. The van der Waals surface area contributed by atoms with Crippen LogP contribution in [0.3, 0.4) is 0 Å². The third kappa shape index (κ3) is 5.38. The summed E-state index contributed by atoms with van der Waals surface area (Å²) < 4.78 is 0. The summed E-state index contributed by atoms with van der Waals surface area (Å²) in [5.74, 6) is -0.164. The number of hydrogen-bond acceptors (Lipinski definition) is 3. The molecule has 110 valence electrons. The number of amides is 1. The number of benzene rings is 1. The smallest absolute Gasteiger partial charge is 0.273 e. The molecule has 0 aliphatic carbocycles. The van der Waals surface area contributed by atoms with Gasteiger partial charge in [-0.3, -0.25) is 14.9 Å². The van der Waals surface area contributed by atoms with Gasteiger partial charge in [-0.15, -0.1) is 0 Å². The first-order valence-electron chi connectivity index (χ1n) is 7.06. The van der Waals surface area contributed by atoms with Gasteiger partial charge in [-0.2, -0.15) is 0 Å². The molecule has 1 unspecified atom stereocenters. The first kappa shape index (κ1) is 16.1. The second kappa shape index (κ2) is 8.30. The van der Waals surface area contributed by atoms with Crippen LogP contribution in [0.1, 0.15) is 45.1 Å². The van der Waals surface area contributed by atoms with Gasteiger partial charge in [0.2, 0.25) is 5.91 Å². The Bertz CT molecular complexity index is 460. The Morgan fingerprint density at radius 3 is 2.70 bits per heavy atom. The molecule has 1 rings (SSSR count). The number of rotatable bonds is 8. The Morgan fingerprint density at radius 2 is 2.05 bits per heavy atom. The highest BCUT2D eigenvalue weighted by atomic mass is 16.6. The molecule has 0 radical (unpaired) electrons. The maximum Gasteiger partial charge on any atom is 0.273 e. The largest absolute Gasteiger partial charge is 0.353 e. The van der Waals surface area contributed by atoms with Gasteiger partial charge >= 0.3 is 0 Å². The average Bonchev–Trinajstić information content (AvgIpc) is 2.39. The number of unbranched alkanes of at least 4 members (excludes halogenated alkanes) is 2. The normalized spacial score (nSPS) is 11.9. The molecule has 0 aliphatic heterocycles. The monoisotopic (exact) mass is 278 g/mol. The van der Waals surface area contributed by atoms with Crippen molar-refractivity contribution in [2.75, 3.05) is 0 Å². The average molecular weight is 278 g/mol. The van der Waals surface area contributed by atoms with Crippen molar-refractivity contribution >= 4 is 11.6 Å². The summed E-state index contributed by atoms with van der Waals surface area (Å²) >= 11 is 0. The van der Waals surface area contributed by atoms with E-state index in [-0.39, 0.29) is 24.1 Å². The van der Waals surface area contributed by atoms with Gasteiger partial charge in [0.05, 0.1) is 11.3 Å². The van der Waals surface area contributed by atoms with E-state index in [1.807, 2.05) is 6.92 Å². The lowest BCUT2D eigenvalue weighted by Crippen LogP contribution is -2.33. The van der Waals surface area contributed by atoms with Crippen molar-refractivity contribution in [1.82, 2.24) is 5.32 Å². The van der Waals surface area contributed by atoms with Crippen LogP contribution in [-0.4, -0.2) is 16.9 Å². The lowest BCUT2D eigenvalue weighted by atomic mass is 10.1. The van der Waals surface area contributed by atoms with Crippen molar-refractivity contribution < 1.29 is 9.72 Å². The van der Waals surface area contributed by atoms with Crippen LogP contribution in [0.5, 0.6) is 0 Å². The van der Waals surface area contributed by atoms with Gasteiger partial charge in [0.15, 0.2) is 0 Å². The molecular formula is C15H22N2O3. The molecule has 0 aromatic heterocycles. The second-order valence-corrected chi connectivity index (χ2v) is 5.03. The van der Waals surface area contributed by atoms with Crippen molar-refractivity contribution in [3.63, 3.8) is 0 Å². The molecule has 0 bridgehead atoms. The summed E-state index contributed by atoms with van der Waals surface area (Å²) in [7, 11) is 0. The fourth-order valence-corrected chi connectivity index (χ4v) is 2.11. The molecule has 5 nitrogen and oxygen atoms in total. The molecule has 0 saturated heterocycles. The van der Waals surface area contributed by atoms with Crippen LogP contribution in [0.2, 0.25) is 0 Å². The van der Waals surface area contributed by atoms with Crippen molar-refractivity contribution in [2.45, 2.75) is 52.0 Å². The SMILES string of the molecule is CCCCCC(C)NC(=O)Cc1ccccc1[N+](=O)[O-]. The molecule has 1 N–H and O–H groups in total. The van der Waals surface area contributed by atoms with Gasteiger partial charge in [-0.05, 0) is 13.3 Å². The van der Waals surface area contributed by atoms with E-state index < -0.39 is 4.92 Å². The molecule has 1 atom stereocenters. The van der Waals surface area contributed by atoms with Crippen LogP contribution in [0.15, 0.2) is 24.3 Å². The van der Waals surface area contributed by atoms with Crippen LogP contribution in [0.25, 0.3) is 0 Å². The molecule has 1 aromatic rings. The minimum absolute atomic E-state index is 0.00119. The van der Waals surface area contributed by atoms with Crippen molar-refractivity contribution in [2.24, 2.45) is 0 Å². The standard InChI is InChI=1S/C15H22N2O3/c1-3-4-5-8-12(2)16-15(18)11-13-9-6-7-10-14(13)17(19)20/h6-7,9-10,12H,3-5,8,11H2,1-2H3,(H,16,18). The maximum atomic E-state index is 11.9. The second-order valence-electron chi connectivity index (χ2n) is 5.03. The number of hydrogen-bond donors (Lipinski definition) is 1. The number of carbonyl (C=O) groups is 1. The van der Waals surface area contributed by atoms with Gasteiger partial charge in [0.25, 0.3) is 5.69 Å². The van der Waals surface area contributed by atoms with Crippen molar-refractivity contribution in [3.8, 4) is 0 Å². The Hall–Kier alpha value is -1.91. The zero-order valence-electron chi connectivity index (χ0n) is 12.1. The van der Waals surface area contributed by atoms with Crippen LogP contribution >= 0.6 is 0 Å². The predicted octanol–water partition coefficient (Wildman–Crippen LogP) is 3.22. The van der Waals surface area contributed by atoms with Crippen molar-refractivity contribution in [3.05, 3.63) is 39.9 Å². The van der Waals surface area contributed by atoms with E-state index in [0.29, 0.717) is 5.56 Å². The molecule has 20 heavy (non-hydrogen) atoms. The molecule has 5 heteroatoms. The zero-order valence-corrected chi connectivity index (χ0v) is 12.1. The molecule has 1 aromatic carbocycles. The molecule has 0 spiro atoms. The summed E-state index contributed by atoms with van der Waals surface area (Å²) in [6.45, 7) is 4.10. The molecule has 0 heterocycles. The van der Waals surface area contributed by atoms with Gasteiger partial charge in [-0.1, -0.05) is 44.4 Å². The summed E-state index contributed by atoms with van der Waals surface area (Å²) in [6.07, 6.45) is 4.39. The van der Waals surface area contributed by atoms with Crippen LogP contribution in [0, 0.1) is 10.1 Å². The molecule has 0 aliphatic rings.